The normalized spacial score (nSPS) is 13.6. The van der Waals surface area contributed by atoms with Gasteiger partial charge in [-0.05, 0) is 81.9 Å². The highest BCUT2D eigenvalue weighted by molar-refractivity contribution is 6.10. The molecular weight excluding hydrogens is 629 g/mol. The van der Waals surface area contributed by atoms with Crippen LogP contribution in [0.3, 0.4) is 0 Å². The number of furan rings is 2. The summed E-state index contributed by atoms with van der Waals surface area (Å²) in [5.41, 5.74) is 14.9. The van der Waals surface area contributed by atoms with Crippen molar-refractivity contribution in [1.29, 1.82) is 0 Å². The standard InChI is InChI=1S/C45H24N4O2/c1-3-11-37-29(7-1)31-17-21-48-39(43(31)50-37)25-13-15-27-28-16-14-26(40-44-32(18-22-49-40)30-8-2-4-12-38(30)51-44)24-36(28)45(35(27)23-25)33-9-5-19-46-41(33)42-34(45)10-6-20-47-42/h1-24H. The van der Waals surface area contributed by atoms with Crippen LogP contribution in [0, 0.1) is 0 Å². The summed E-state index contributed by atoms with van der Waals surface area (Å²) in [7, 11) is 0. The van der Waals surface area contributed by atoms with E-state index in [9.17, 15) is 0 Å². The summed E-state index contributed by atoms with van der Waals surface area (Å²) in [5.74, 6) is 0. The van der Waals surface area contributed by atoms with Crippen molar-refractivity contribution in [2.24, 2.45) is 0 Å². The van der Waals surface area contributed by atoms with Gasteiger partial charge in [0.25, 0.3) is 0 Å². The Bertz CT molecular complexity index is 2910. The van der Waals surface area contributed by atoms with Crippen LogP contribution in [0.1, 0.15) is 22.3 Å². The first-order chi connectivity index (χ1) is 25.3. The molecule has 2 aliphatic rings. The average molecular weight is 653 g/mol. The second kappa shape index (κ2) is 9.61. The Morgan fingerprint density at radius 2 is 0.843 bits per heavy atom. The first kappa shape index (κ1) is 27.0. The number of hydrogen-bond donors (Lipinski definition) is 0. The van der Waals surface area contributed by atoms with Gasteiger partial charge in [0.05, 0.1) is 16.8 Å². The number of fused-ring (bicyclic) bond motifs is 16. The number of pyridine rings is 4. The van der Waals surface area contributed by atoms with Gasteiger partial charge in [-0.1, -0.05) is 72.8 Å². The molecule has 12 rings (SSSR count). The minimum atomic E-state index is -0.673. The zero-order chi connectivity index (χ0) is 33.3. The highest BCUT2D eigenvalue weighted by Crippen LogP contribution is 2.62. The van der Waals surface area contributed by atoms with Crippen molar-refractivity contribution in [3.63, 3.8) is 0 Å². The van der Waals surface area contributed by atoms with Gasteiger partial charge >= 0.3 is 0 Å². The fourth-order valence-electron chi connectivity index (χ4n) is 8.85. The highest BCUT2D eigenvalue weighted by Gasteiger charge is 2.53. The number of nitrogens with zero attached hydrogens (tertiary/aromatic N) is 4. The molecule has 0 N–H and O–H groups in total. The van der Waals surface area contributed by atoms with Crippen molar-refractivity contribution >= 4 is 43.9 Å². The van der Waals surface area contributed by atoms with Crippen LogP contribution >= 0.6 is 0 Å². The molecule has 2 aliphatic carbocycles. The number of hydrogen-bond acceptors (Lipinski definition) is 6. The molecule has 0 unspecified atom stereocenters. The Morgan fingerprint density at radius 1 is 0.373 bits per heavy atom. The molecule has 6 heterocycles. The summed E-state index contributed by atoms with van der Waals surface area (Å²) in [6.07, 6.45) is 7.48. The summed E-state index contributed by atoms with van der Waals surface area (Å²) >= 11 is 0. The first-order valence-electron chi connectivity index (χ1n) is 17.0. The van der Waals surface area contributed by atoms with E-state index in [4.69, 9.17) is 28.8 Å². The number of benzene rings is 4. The van der Waals surface area contributed by atoms with E-state index < -0.39 is 5.41 Å². The van der Waals surface area contributed by atoms with Crippen LogP contribution in [0.2, 0.25) is 0 Å². The van der Waals surface area contributed by atoms with Crippen molar-refractivity contribution in [2.75, 3.05) is 0 Å². The molecule has 0 bridgehead atoms. The summed E-state index contributed by atoms with van der Waals surface area (Å²) in [6, 6.07) is 42.3. The van der Waals surface area contributed by atoms with E-state index in [1.54, 1.807) is 0 Å². The predicted octanol–water partition coefficient (Wildman–Crippen LogP) is 10.7. The molecular formula is C45H24N4O2. The van der Waals surface area contributed by atoms with Crippen LogP contribution in [0.4, 0.5) is 0 Å². The van der Waals surface area contributed by atoms with Gasteiger partial charge < -0.3 is 8.83 Å². The lowest BCUT2D eigenvalue weighted by atomic mass is 9.70. The van der Waals surface area contributed by atoms with Gasteiger partial charge in [-0.2, -0.15) is 0 Å². The molecule has 236 valence electrons. The summed E-state index contributed by atoms with van der Waals surface area (Å²) in [6.45, 7) is 0. The molecule has 0 atom stereocenters. The van der Waals surface area contributed by atoms with Crippen LogP contribution in [0.5, 0.6) is 0 Å². The zero-order valence-electron chi connectivity index (χ0n) is 27.0. The van der Waals surface area contributed by atoms with E-state index in [0.29, 0.717) is 0 Å². The molecule has 4 aromatic carbocycles. The topological polar surface area (TPSA) is 77.8 Å². The molecule has 0 fully saturated rings. The zero-order valence-corrected chi connectivity index (χ0v) is 27.0. The van der Waals surface area contributed by atoms with E-state index in [0.717, 1.165) is 100 Å². The predicted molar refractivity (Wildman–Crippen MR) is 199 cm³/mol. The van der Waals surface area contributed by atoms with Crippen LogP contribution in [0.15, 0.2) is 155 Å². The fraction of sp³-hybridized carbons (Fsp3) is 0.0222. The van der Waals surface area contributed by atoms with E-state index in [1.807, 2.05) is 85.5 Å². The van der Waals surface area contributed by atoms with E-state index in [1.165, 1.54) is 11.1 Å². The fourth-order valence-corrected chi connectivity index (χ4v) is 8.85. The highest BCUT2D eigenvalue weighted by atomic mass is 16.3. The third kappa shape index (κ3) is 3.36. The van der Waals surface area contributed by atoms with Gasteiger partial charge in [0.1, 0.15) is 22.6 Å². The lowest BCUT2D eigenvalue weighted by molar-refractivity contribution is 0.668. The SMILES string of the molecule is c1cnc2c(c1)C1(c3cc(-c4nccc5c4oc4ccccc45)ccc3-c3ccc(-c4nccc5c4oc4ccccc45)cc31)c1cccnc1-2. The lowest BCUT2D eigenvalue weighted by Gasteiger charge is -2.30. The number of aromatic nitrogens is 4. The number of para-hydroxylation sites is 2. The number of rotatable bonds is 2. The van der Waals surface area contributed by atoms with Gasteiger partial charge in [-0.15, -0.1) is 0 Å². The maximum atomic E-state index is 6.47. The third-order valence-electron chi connectivity index (χ3n) is 10.9. The van der Waals surface area contributed by atoms with Gasteiger partial charge in [-0.3, -0.25) is 19.9 Å². The second-order valence-corrected chi connectivity index (χ2v) is 13.3. The second-order valence-electron chi connectivity index (χ2n) is 13.3. The largest absolute Gasteiger partial charge is 0.454 e. The minimum absolute atomic E-state index is 0.673. The van der Waals surface area contributed by atoms with Crippen LogP contribution in [0.25, 0.3) is 88.9 Å². The monoisotopic (exact) mass is 652 g/mol. The molecule has 0 aliphatic heterocycles. The third-order valence-corrected chi connectivity index (χ3v) is 10.9. The lowest BCUT2D eigenvalue weighted by Crippen LogP contribution is -2.26. The maximum Gasteiger partial charge on any atom is 0.161 e. The summed E-state index contributed by atoms with van der Waals surface area (Å²) in [5, 5.41) is 4.27. The molecule has 0 amide bonds. The molecule has 6 heteroatoms. The Labute approximate surface area is 290 Å². The molecule has 51 heavy (non-hydrogen) atoms. The van der Waals surface area contributed by atoms with E-state index in [2.05, 4.69) is 60.7 Å². The van der Waals surface area contributed by atoms with Gasteiger partial charge in [-0.25, -0.2) is 0 Å². The molecule has 0 radical (unpaired) electrons. The van der Waals surface area contributed by atoms with Gasteiger partial charge in [0.2, 0.25) is 0 Å². The first-order valence-corrected chi connectivity index (χ1v) is 17.0. The molecule has 0 saturated carbocycles. The summed E-state index contributed by atoms with van der Waals surface area (Å²) in [4.78, 5) is 19.7. The Morgan fingerprint density at radius 3 is 1.35 bits per heavy atom. The van der Waals surface area contributed by atoms with Crippen molar-refractivity contribution < 1.29 is 8.83 Å². The van der Waals surface area contributed by atoms with E-state index >= 15 is 0 Å². The van der Waals surface area contributed by atoms with Crippen LogP contribution in [-0.4, -0.2) is 19.9 Å². The van der Waals surface area contributed by atoms with Crippen molar-refractivity contribution in [3.05, 3.63) is 168 Å². The Kier molecular flexibility index (Phi) is 5.08. The van der Waals surface area contributed by atoms with Crippen molar-refractivity contribution in [1.82, 2.24) is 19.9 Å². The minimum Gasteiger partial charge on any atom is -0.454 e. The molecule has 10 aromatic rings. The molecule has 6 aromatic heterocycles. The van der Waals surface area contributed by atoms with Crippen LogP contribution in [-0.2, 0) is 5.41 Å². The quantitative estimate of drug-likeness (QED) is 0.185. The molecule has 1 spiro atoms. The Hall–Kier alpha value is -6.92. The van der Waals surface area contributed by atoms with Gasteiger partial charge in [0, 0.05) is 57.5 Å². The van der Waals surface area contributed by atoms with Gasteiger partial charge in [0.15, 0.2) is 11.2 Å². The summed E-state index contributed by atoms with van der Waals surface area (Å²) < 4.78 is 12.9. The molecule has 0 saturated heterocycles. The Balaban J connectivity index is 1.15. The van der Waals surface area contributed by atoms with Crippen molar-refractivity contribution in [2.45, 2.75) is 5.41 Å². The molecule has 6 nitrogen and oxygen atoms in total. The van der Waals surface area contributed by atoms with E-state index in [-0.39, 0.29) is 0 Å². The smallest absolute Gasteiger partial charge is 0.161 e. The van der Waals surface area contributed by atoms with Crippen molar-refractivity contribution in [3.8, 4) is 45.0 Å². The van der Waals surface area contributed by atoms with Crippen LogP contribution < -0.4 is 0 Å². The average Bonchev–Trinajstić information content (AvgIpc) is 3.92. The maximum absolute atomic E-state index is 6.47.